The van der Waals surface area contributed by atoms with Crippen molar-refractivity contribution in [3.63, 3.8) is 0 Å². The molecule has 20 heavy (non-hydrogen) atoms. The molecule has 0 heterocycles. The van der Waals surface area contributed by atoms with Gasteiger partial charge in [-0.25, -0.2) is 8.78 Å². The first kappa shape index (κ1) is 13.5. The second-order valence-corrected chi connectivity index (χ2v) is 3.97. The van der Waals surface area contributed by atoms with E-state index in [1.807, 2.05) is 6.07 Å². The van der Waals surface area contributed by atoms with Crippen LogP contribution in [0.4, 0.5) is 20.2 Å². The van der Waals surface area contributed by atoms with Crippen molar-refractivity contribution in [1.82, 2.24) is 0 Å². The minimum absolute atomic E-state index is 0.210. The minimum Gasteiger partial charge on any atom is -0.396 e. The summed E-state index contributed by atoms with van der Waals surface area (Å²) in [5, 5.41) is 11.2. The van der Waals surface area contributed by atoms with Gasteiger partial charge in [0.25, 0.3) is 5.91 Å². The number of nitrogens with one attached hydrogen (secondary N) is 1. The quantitative estimate of drug-likeness (QED) is 0.825. The van der Waals surface area contributed by atoms with Crippen molar-refractivity contribution in [2.45, 2.75) is 0 Å². The maximum atomic E-state index is 13.7. The molecule has 0 fully saturated rings. The molecule has 4 nitrogen and oxygen atoms in total. The van der Waals surface area contributed by atoms with Gasteiger partial charge >= 0.3 is 0 Å². The summed E-state index contributed by atoms with van der Waals surface area (Å²) in [4.78, 5) is 11.9. The molecule has 100 valence electrons. The molecule has 6 heteroatoms. The predicted octanol–water partition coefficient (Wildman–Crippen LogP) is 2.67. The molecular formula is C14H9F2N3O. The average Bonchev–Trinajstić information content (AvgIpc) is 2.43. The van der Waals surface area contributed by atoms with Crippen LogP contribution >= 0.6 is 0 Å². The van der Waals surface area contributed by atoms with Gasteiger partial charge in [0, 0.05) is 0 Å². The van der Waals surface area contributed by atoms with E-state index >= 15 is 0 Å². The molecule has 0 aliphatic carbocycles. The Bertz CT molecular complexity index is 723. The van der Waals surface area contributed by atoms with Crippen molar-refractivity contribution < 1.29 is 13.6 Å². The van der Waals surface area contributed by atoms with Gasteiger partial charge in [-0.15, -0.1) is 0 Å². The van der Waals surface area contributed by atoms with Gasteiger partial charge in [0.2, 0.25) is 0 Å². The van der Waals surface area contributed by atoms with Crippen LogP contribution in [-0.4, -0.2) is 5.91 Å². The molecule has 0 spiro atoms. The second-order valence-electron chi connectivity index (χ2n) is 3.97. The number of hydrogen-bond acceptors (Lipinski definition) is 3. The Balaban J connectivity index is 2.36. The van der Waals surface area contributed by atoms with E-state index in [1.165, 1.54) is 12.1 Å². The Morgan fingerprint density at radius 1 is 1.25 bits per heavy atom. The van der Waals surface area contributed by atoms with Crippen LogP contribution in [0.2, 0.25) is 0 Å². The third-order valence-corrected chi connectivity index (χ3v) is 2.61. The molecule has 0 saturated heterocycles. The number of benzene rings is 2. The average molecular weight is 273 g/mol. The van der Waals surface area contributed by atoms with Crippen molar-refractivity contribution in [1.29, 1.82) is 5.26 Å². The number of nitrogens with zero attached hydrogens (tertiary/aromatic N) is 1. The third-order valence-electron chi connectivity index (χ3n) is 2.61. The van der Waals surface area contributed by atoms with Crippen molar-refractivity contribution in [2.24, 2.45) is 0 Å². The summed E-state index contributed by atoms with van der Waals surface area (Å²) in [6.07, 6.45) is 0. The fraction of sp³-hybridized carbons (Fsp3) is 0. The molecule has 0 unspecified atom stereocenters. The summed E-state index contributed by atoms with van der Waals surface area (Å²) >= 11 is 0. The van der Waals surface area contributed by atoms with E-state index in [1.54, 1.807) is 12.1 Å². The van der Waals surface area contributed by atoms with E-state index in [-0.39, 0.29) is 11.3 Å². The molecular weight excluding hydrogens is 264 g/mol. The van der Waals surface area contributed by atoms with E-state index in [9.17, 15) is 13.6 Å². The van der Waals surface area contributed by atoms with E-state index < -0.39 is 28.8 Å². The zero-order valence-corrected chi connectivity index (χ0v) is 10.2. The number of carbonyl (C=O) groups is 1. The predicted molar refractivity (Wildman–Crippen MR) is 69.9 cm³/mol. The Morgan fingerprint density at radius 3 is 2.65 bits per heavy atom. The summed E-state index contributed by atoms with van der Waals surface area (Å²) in [5.41, 5.74) is 4.71. The maximum Gasteiger partial charge on any atom is 0.258 e. The van der Waals surface area contributed by atoms with Gasteiger partial charge in [-0.3, -0.25) is 4.79 Å². The van der Waals surface area contributed by atoms with Crippen LogP contribution in [0.15, 0.2) is 36.4 Å². The number of nitriles is 1. The van der Waals surface area contributed by atoms with Crippen LogP contribution in [0, 0.1) is 23.0 Å². The Kier molecular flexibility index (Phi) is 3.62. The topological polar surface area (TPSA) is 78.9 Å². The highest BCUT2D eigenvalue weighted by Gasteiger charge is 2.17. The van der Waals surface area contributed by atoms with E-state index in [4.69, 9.17) is 11.0 Å². The van der Waals surface area contributed by atoms with Gasteiger partial charge in [-0.05, 0) is 24.3 Å². The summed E-state index contributed by atoms with van der Waals surface area (Å²) < 4.78 is 26.9. The van der Waals surface area contributed by atoms with E-state index in [0.717, 1.165) is 12.1 Å². The standard InChI is InChI=1S/C14H9F2N3O/c15-9-5-10(13(16)11(18)6-9)14(20)19-12-4-2-1-3-8(12)7-17/h1-6H,18H2,(H,19,20). The number of halogens is 2. The molecule has 0 atom stereocenters. The van der Waals surface area contributed by atoms with Crippen LogP contribution in [0.1, 0.15) is 15.9 Å². The molecule has 2 aromatic rings. The number of nitrogen functional groups attached to an aromatic ring is 1. The van der Waals surface area contributed by atoms with Gasteiger partial charge in [0.05, 0.1) is 22.5 Å². The minimum atomic E-state index is -1.00. The monoisotopic (exact) mass is 273 g/mol. The number of rotatable bonds is 2. The zero-order valence-electron chi connectivity index (χ0n) is 10.2. The number of amides is 1. The summed E-state index contributed by atoms with van der Waals surface area (Å²) in [7, 11) is 0. The number of anilines is 2. The fourth-order valence-corrected chi connectivity index (χ4v) is 1.65. The summed E-state index contributed by atoms with van der Waals surface area (Å²) in [5.74, 6) is -2.70. The lowest BCUT2D eigenvalue weighted by Gasteiger charge is -2.08. The molecule has 0 saturated carbocycles. The molecule has 3 N–H and O–H groups in total. The van der Waals surface area contributed by atoms with Crippen LogP contribution in [0.25, 0.3) is 0 Å². The molecule has 0 bridgehead atoms. The Morgan fingerprint density at radius 2 is 1.95 bits per heavy atom. The van der Waals surface area contributed by atoms with Gasteiger partial charge in [-0.1, -0.05) is 12.1 Å². The molecule has 0 aliphatic heterocycles. The Labute approximate surface area is 113 Å². The SMILES string of the molecule is N#Cc1ccccc1NC(=O)c1cc(F)cc(N)c1F. The highest BCUT2D eigenvalue weighted by Crippen LogP contribution is 2.20. The molecule has 2 aromatic carbocycles. The highest BCUT2D eigenvalue weighted by atomic mass is 19.1. The lowest BCUT2D eigenvalue weighted by molar-refractivity contribution is 0.102. The van der Waals surface area contributed by atoms with Gasteiger partial charge in [0.1, 0.15) is 11.9 Å². The lowest BCUT2D eigenvalue weighted by Crippen LogP contribution is -2.16. The van der Waals surface area contributed by atoms with Gasteiger partial charge < -0.3 is 11.1 Å². The van der Waals surface area contributed by atoms with Crippen LogP contribution < -0.4 is 11.1 Å². The van der Waals surface area contributed by atoms with Crippen LogP contribution in [-0.2, 0) is 0 Å². The smallest absolute Gasteiger partial charge is 0.258 e. The summed E-state index contributed by atoms with van der Waals surface area (Å²) in [6, 6.07) is 9.61. The zero-order chi connectivity index (χ0) is 14.7. The Hall–Kier alpha value is -2.94. The normalized spacial score (nSPS) is 9.85. The molecule has 0 aliphatic rings. The van der Waals surface area contributed by atoms with E-state index in [2.05, 4.69) is 5.32 Å². The van der Waals surface area contributed by atoms with Crippen molar-refractivity contribution in [2.75, 3.05) is 11.1 Å². The third kappa shape index (κ3) is 2.57. The van der Waals surface area contributed by atoms with Crippen molar-refractivity contribution >= 4 is 17.3 Å². The lowest BCUT2D eigenvalue weighted by atomic mass is 10.1. The first-order valence-electron chi connectivity index (χ1n) is 5.58. The molecule has 2 rings (SSSR count). The van der Waals surface area contributed by atoms with Crippen molar-refractivity contribution in [3.05, 3.63) is 59.2 Å². The van der Waals surface area contributed by atoms with Crippen molar-refractivity contribution in [3.8, 4) is 6.07 Å². The number of para-hydroxylation sites is 1. The molecule has 0 radical (unpaired) electrons. The molecule has 1 amide bonds. The first-order valence-corrected chi connectivity index (χ1v) is 5.58. The summed E-state index contributed by atoms with van der Waals surface area (Å²) in [6.45, 7) is 0. The first-order chi connectivity index (χ1) is 9.52. The van der Waals surface area contributed by atoms with Crippen LogP contribution in [0.5, 0.6) is 0 Å². The number of hydrogen-bond donors (Lipinski definition) is 2. The van der Waals surface area contributed by atoms with Crippen LogP contribution in [0.3, 0.4) is 0 Å². The fourth-order valence-electron chi connectivity index (χ4n) is 1.65. The molecule has 0 aromatic heterocycles. The number of nitrogens with two attached hydrogens (primary N) is 1. The van der Waals surface area contributed by atoms with Gasteiger partial charge in [-0.2, -0.15) is 5.26 Å². The van der Waals surface area contributed by atoms with E-state index in [0.29, 0.717) is 0 Å². The number of carbonyl (C=O) groups excluding carboxylic acids is 1. The maximum absolute atomic E-state index is 13.7. The highest BCUT2D eigenvalue weighted by molar-refractivity contribution is 6.05. The second kappa shape index (κ2) is 5.36. The largest absolute Gasteiger partial charge is 0.396 e. The van der Waals surface area contributed by atoms with Gasteiger partial charge in [0.15, 0.2) is 5.82 Å².